The van der Waals surface area contributed by atoms with E-state index in [0.29, 0.717) is 18.1 Å². The summed E-state index contributed by atoms with van der Waals surface area (Å²) in [5.74, 6) is 1.55. The van der Waals surface area contributed by atoms with Crippen LogP contribution in [0.1, 0.15) is 31.9 Å². The van der Waals surface area contributed by atoms with Gasteiger partial charge in [0.1, 0.15) is 11.6 Å². The minimum absolute atomic E-state index is 0.477. The maximum absolute atomic E-state index is 7.92. The van der Waals surface area contributed by atoms with Crippen LogP contribution in [0.15, 0.2) is 36.5 Å². The predicted octanol–water partition coefficient (Wildman–Crippen LogP) is 4.16. The Labute approximate surface area is 138 Å². The predicted molar refractivity (Wildman–Crippen MR) is 98.0 cm³/mol. The van der Waals surface area contributed by atoms with Crippen molar-refractivity contribution >= 4 is 17.2 Å². The van der Waals surface area contributed by atoms with Crippen molar-refractivity contribution in [2.75, 3.05) is 24.8 Å². The Balaban J connectivity index is 0.00000127. The fourth-order valence-electron chi connectivity index (χ4n) is 2.11. The highest BCUT2D eigenvalue weighted by atomic mass is 16.5. The molecule has 0 saturated heterocycles. The molecule has 0 radical (unpaired) electrons. The van der Waals surface area contributed by atoms with Gasteiger partial charge in [0.25, 0.3) is 0 Å². The summed E-state index contributed by atoms with van der Waals surface area (Å²) >= 11 is 0. The summed E-state index contributed by atoms with van der Waals surface area (Å²) < 4.78 is 5.14. The van der Waals surface area contributed by atoms with Crippen LogP contribution in [0.4, 0.5) is 11.5 Å². The molecule has 2 aromatic rings. The van der Waals surface area contributed by atoms with E-state index in [-0.39, 0.29) is 0 Å². The molecule has 0 bridgehead atoms. The van der Waals surface area contributed by atoms with Crippen molar-refractivity contribution in [3.63, 3.8) is 0 Å². The third kappa shape index (κ3) is 4.98. The van der Waals surface area contributed by atoms with Crippen molar-refractivity contribution < 1.29 is 4.74 Å². The molecule has 2 rings (SSSR count). The van der Waals surface area contributed by atoms with Gasteiger partial charge < -0.3 is 20.8 Å². The second-order valence-corrected chi connectivity index (χ2v) is 4.66. The summed E-state index contributed by atoms with van der Waals surface area (Å²) in [6, 6.07) is 9.73. The number of ether oxygens (including phenoxy) is 1. The molecule has 3 N–H and O–H groups in total. The fraction of sp³-hybridized carbons (Fsp3) is 0.333. The van der Waals surface area contributed by atoms with Gasteiger partial charge in [0.2, 0.25) is 0 Å². The van der Waals surface area contributed by atoms with Crippen LogP contribution >= 0.6 is 0 Å². The van der Waals surface area contributed by atoms with Crippen LogP contribution in [0.2, 0.25) is 0 Å². The molecular formula is C18H26N4O. The van der Waals surface area contributed by atoms with Gasteiger partial charge in [-0.2, -0.15) is 0 Å². The monoisotopic (exact) mass is 314 g/mol. The van der Waals surface area contributed by atoms with Crippen LogP contribution in [0.5, 0.6) is 5.75 Å². The van der Waals surface area contributed by atoms with Gasteiger partial charge in [0.05, 0.1) is 12.7 Å². The Bertz CT molecular complexity index is 623. The molecule has 0 aliphatic rings. The topological polar surface area (TPSA) is 70.0 Å². The van der Waals surface area contributed by atoms with Gasteiger partial charge in [-0.3, -0.25) is 0 Å². The number of nitrogens with zero attached hydrogens (tertiary/aromatic N) is 1. The second kappa shape index (κ2) is 9.46. The normalized spacial score (nSPS) is 9.43. The molecule has 0 unspecified atom stereocenters. The summed E-state index contributed by atoms with van der Waals surface area (Å²) in [5, 5.41) is 14.3. The standard InChI is InChI=1S/C16H20N4O.C2H6/c1-11(17)15-14(18-2)8-9-19-16(15)20-10-12-4-6-13(21-3)7-5-12;1-2/h4-9,17H,10H2,1-3H3,(H2,18,19,20);1-2H3. The van der Waals surface area contributed by atoms with Crippen LogP contribution in [-0.4, -0.2) is 24.9 Å². The number of methoxy groups -OCH3 is 1. The van der Waals surface area contributed by atoms with Crippen molar-refractivity contribution in [2.24, 2.45) is 0 Å². The molecule has 5 heteroatoms. The summed E-state index contributed by atoms with van der Waals surface area (Å²) in [4.78, 5) is 4.34. The van der Waals surface area contributed by atoms with Gasteiger partial charge in [-0.05, 0) is 30.7 Å². The number of benzene rings is 1. The lowest BCUT2D eigenvalue weighted by molar-refractivity contribution is 0.414. The van der Waals surface area contributed by atoms with Crippen molar-refractivity contribution in [3.8, 4) is 5.75 Å². The van der Waals surface area contributed by atoms with E-state index in [1.54, 1.807) is 20.2 Å². The molecule has 1 aromatic carbocycles. The summed E-state index contributed by atoms with van der Waals surface area (Å²) in [5.41, 5.74) is 3.30. The van der Waals surface area contributed by atoms with E-state index in [4.69, 9.17) is 10.1 Å². The Morgan fingerprint density at radius 1 is 1.17 bits per heavy atom. The molecule has 0 fully saturated rings. The van der Waals surface area contributed by atoms with Gasteiger partial charge in [0.15, 0.2) is 0 Å². The first-order chi connectivity index (χ1) is 11.2. The van der Waals surface area contributed by atoms with Crippen molar-refractivity contribution in [2.45, 2.75) is 27.3 Å². The fourth-order valence-corrected chi connectivity index (χ4v) is 2.11. The summed E-state index contributed by atoms with van der Waals surface area (Å²) in [6.45, 7) is 6.40. The largest absolute Gasteiger partial charge is 0.497 e. The molecular weight excluding hydrogens is 288 g/mol. The zero-order valence-corrected chi connectivity index (χ0v) is 14.5. The lowest BCUT2D eigenvalue weighted by Crippen LogP contribution is -2.09. The van der Waals surface area contributed by atoms with Crippen molar-refractivity contribution in [1.29, 1.82) is 5.41 Å². The summed E-state index contributed by atoms with van der Waals surface area (Å²) in [6.07, 6.45) is 1.73. The molecule has 0 aliphatic carbocycles. The van der Waals surface area contributed by atoms with Gasteiger partial charge in [0, 0.05) is 31.2 Å². The number of nitrogens with one attached hydrogen (secondary N) is 3. The number of hydrogen-bond acceptors (Lipinski definition) is 5. The molecule has 0 atom stereocenters. The number of pyridine rings is 1. The van der Waals surface area contributed by atoms with Gasteiger partial charge in [-0.15, -0.1) is 0 Å². The average Bonchev–Trinajstić information content (AvgIpc) is 2.61. The van der Waals surface area contributed by atoms with E-state index >= 15 is 0 Å². The van der Waals surface area contributed by atoms with E-state index in [1.165, 1.54) is 0 Å². The maximum atomic E-state index is 7.92. The zero-order valence-electron chi connectivity index (χ0n) is 14.5. The van der Waals surface area contributed by atoms with E-state index in [1.807, 2.05) is 51.2 Å². The van der Waals surface area contributed by atoms with E-state index in [0.717, 1.165) is 22.6 Å². The Kier molecular flexibility index (Phi) is 7.60. The lowest BCUT2D eigenvalue weighted by Gasteiger charge is -2.14. The molecule has 23 heavy (non-hydrogen) atoms. The van der Waals surface area contributed by atoms with Crippen LogP contribution in [0, 0.1) is 5.41 Å². The highest BCUT2D eigenvalue weighted by molar-refractivity contribution is 6.05. The number of anilines is 2. The first-order valence-corrected chi connectivity index (χ1v) is 7.74. The van der Waals surface area contributed by atoms with Gasteiger partial charge >= 0.3 is 0 Å². The summed E-state index contributed by atoms with van der Waals surface area (Å²) in [7, 11) is 3.49. The quantitative estimate of drug-likeness (QED) is 0.700. The molecule has 1 heterocycles. The van der Waals surface area contributed by atoms with Crippen LogP contribution < -0.4 is 15.4 Å². The Hall–Kier alpha value is -2.56. The van der Waals surface area contributed by atoms with E-state index in [2.05, 4.69) is 15.6 Å². The number of aromatic nitrogens is 1. The molecule has 0 saturated carbocycles. The molecule has 5 nitrogen and oxygen atoms in total. The third-order valence-electron chi connectivity index (χ3n) is 3.21. The van der Waals surface area contributed by atoms with Crippen LogP contribution in [0.25, 0.3) is 0 Å². The van der Waals surface area contributed by atoms with Crippen LogP contribution in [0.3, 0.4) is 0 Å². The molecule has 124 valence electrons. The van der Waals surface area contributed by atoms with Crippen LogP contribution in [-0.2, 0) is 6.54 Å². The smallest absolute Gasteiger partial charge is 0.137 e. The molecule has 1 aromatic heterocycles. The second-order valence-electron chi connectivity index (χ2n) is 4.66. The first kappa shape index (κ1) is 18.5. The number of rotatable bonds is 6. The molecule has 0 spiro atoms. The third-order valence-corrected chi connectivity index (χ3v) is 3.21. The average molecular weight is 314 g/mol. The molecule has 0 amide bonds. The van der Waals surface area contributed by atoms with E-state index < -0.39 is 0 Å². The van der Waals surface area contributed by atoms with Gasteiger partial charge in [-0.25, -0.2) is 4.98 Å². The van der Waals surface area contributed by atoms with Gasteiger partial charge in [-0.1, -0.05) is 26.0 Å². The SMILES string of the molecule is CC.CNc1ccnc(NCc2ccc(OC)cc2)c1C(C)=N. The highest BCUT2D eigenvalue weighted by Crippen LogP contribution is 2.23. The van der Waals surface area contributed by atoms with E-state index in [9.17, 15) is 0 Å². The Morgan fingerprint density at radius 3 is 2.35 bits per heavy atom. The minimum Gasteiger partial charge on any atom is -0.497 e. The highest BCUT2D eigenvalue weighted by Gasteiger charge is 2.10. The number of hydrogen-bond donors (Lipinski definition) is 3. The molecule has 0 aliphatic heterocycles. The minimum atomic E-state index is 0.477. The zero-order chi connectivity index (χ0) is 17.2. The lowest BCUT2D eigenvalue weighted by atomic mass is 10.1. The van der Waals surface area contributed by atoms with Crippen molar-refractivity contribution in [1.82, 2.24) is 4.98 Å². The maximum Gasteiger partial charge on any atom is 0.137 e. The van der Waals surface area contributed by atoms with Crippen molar-refractivity contribution in [3.05, 3.63) is 47.7 Å². The first-order valence-electron chi connectivity index (χ1n) is 7.74. The Morgan fingerprint density at radius 2 is 1.83 bits per heavy atom.